The third-order valence-electron chi connectivity index (χ3n) is 4.26. The summed E-state index contributed by atoms with van der Waals surface area (Å²) in [6, 6.07) is 0. The fourth-order valence-electron chi connectivity index (χ4n) is 2.72. The first-order valence-corrected chi connectivity index (χ1v) is 9.27. The summed E-state index contributed by atoms with van der Waals surface area (Å²) in [5, 5.41) is 37.5. The minimum atomic E-state index is -1.77. The normalized spacial score (nSPS) is 13.3. The van der Waals surface area contributed by atoms with Gasteiger partial charge in [0.2, 0.25) is 0 Å². The van der Waals surface area contributed by atoms with Crippen molar-refractivity contribution in [2.24, 2.45) is 0 Å². The molecule has 0 aromatic rings. The molecule has 0 saturated heterocycles. The molecule has 0 aliphatic heterocycles. The number of aliphatic hydroxyl groups excluding tert-OH is 3. The number of carboxylic acid groups (broad SMARTS) is 1. The van der Waals surface area contributed by atoms with Gasteiger partial charge in [-0.15, -0.1) is 0 Å². The molecule has 2 atom stereocenters. The van der Waals surface area contributed by atoms with Crippen LogP contribution in [0.15, 0.2) is 0 Å². The van der Waals surface area contributed by atoms with Crippen LogP contribution < -0.4 is 56.5 Å². The van der Waals surface area contributed by atoms with Gasteiger partial charge in [0.05, 0.1) is 12.1 Å². The van der Waals surface area contributed by atoms with E-state index in [0.717, 1.165) is 32.1 Å². The summed E-state index contributed by atoms with van der Waals surface area (Å²) < 4.78 is 0. The maximum absolute atomic E-state index is 10.4. The second kappa shape index (κ2) is 20.3. The Morgan fingerprint density at radius 1 is 0.708 bits per heavy atom. The molecule has 0 radical (unpaired) electrons. The number of unbranched alkanes of at least 4 members (excludes halogenated alkanes) is 12. The second-order valence-corrected chi connectivity index (χ2v) is 6.44. The van der Waals surface area contributed by atoms with Crippen LogP contribution in [0.25, 0.3) is 0 Å². The van der Waals surface area contributed by atoms with Crippen LogP contribution in [0.1, 0.15) is 89.9 Å². The molecule has 0 aromatic heterocycles. The first kappa shape index (κ1) is 27.2. The number of hydrogen-bond acceptors (Lipinski definition) is 5. The van der Waals surface area contributed by atoms with Crippen molar-refractivity contribution < 1.29 is 76.6 Å². The van der Waals surface area contributed by atoms with E-state index < -0.39 is 18.2 Å². The largest absolute Gasteiger partial charge is 1.00 e. The summed E-state index contributed by atoms with van der Waals surface area (Å²) in [6.07, 6.45) is 12.3. The summed E-state index contributed by atoms with van der Waals surface area (Å²) in [5.74, 6) is -1.61. The molecule has 0 aliphatic carbocycles. The molecule has 0 aliphatic rings. The van der Waals surface area contributed by atoms with Crippen molar-refractivity contribution in [3.8, 4) is 0 Å². The standard InChI is InChI=1S/C18H36O5.K/c19-15-13-11-9-7-5-3-1-2-4-6-8-10-12-14-16(20)17(21)18(22)23;/h16-17,19-21H,1-15H2,(H,22,23);/q;+1/p-1. The molecule has 0 fully saturated rings. The van der Waals surface area contributed by atoms with Gasteiger partial charge in [0.15, 0.2) is 0 Å². The van der Waals surface area contributed by atoms with Crippen LogP contribution >= 0.6 is 0 Å². The number of aliphatic carboxylic acids is 1. The molecule has 6 heteroatoms. The quantitative estimate of drug-likeness (QED) is 0.223. The molecule has 0 aromatic carbocycles. The molecule has 0 amide bonds. The molecule has 0 saturated carbocycles. The third kappa shape index (κ3) is 17.8. The van der Waals surface area contributed by atoms with Gasteiger partial charge in [0.1, 0.15) is 6.10 Å². The molecule has 0 rings (SSSR count). The number of hydrogen-bond donors (Lipinski definition) is 3. The van der Waals surface area contributed by atoms with E-state index in [9.17, 15) is 15.0 Å². The van der Waals surface area contributed by atoms with Crippen LogP contribution in [0.5, 0.6) is 0 Å². The number of carboxylic acids is 1. The average molecular weight is 371 g/mol. The Kier molecular flexibility index (Phi) is 23.0. The molecule has 0 spiro atoms. The SMILES string of the molecule is O=C([O-])C(O)C(O)CCCCCCCCCCCCCCCO.[K+]. The molecule has 2 unspecified atom stereocenters. The van der Waals surface area contributed by atoms with Gasteiger partial charge >= 0.3 is 51.4 Å². The van der Waals surface area contributed by atoms with E-state index >= 15 is 0 Å². The predicted octanol–water partition coefficient (Wildman–Crippen LogP) is -1.08. The minimum Gasteiger partial charge on any atom is -0.547 e. The van der Waals surface area contributed by atoms with Crippen LogP contribution in [-0.4, -0.2) is 40.1 Å². The fraction of sp³-hybridized carbons (Fsp3) is 0.944. The Morgan fingerprint density at radius 3 is 1.38 bits per heavy atom. The molecule has 3 N–H and O–H groups in total. The van der Waals surface area contributed by atoms with Crippen molar-refractivity contribution in [3.05, 3.63) is 0 Å². The smallest absolute Gasteiger partial charge is 0.547 e. The predicted molar refractivity (Wildman–Crippen MR) is 88.7 cm³/mol. The van der Waals surface area contributed by atoms with E-state index in [2.05, 4.69) is 0 Å². The van der Waals surface area contributed by atoms with Crippen molar-refractivity contribution in [1.82, 2.24) is 0 Å². The van der Waals surface area contributed by atoms with Gasteiger partial charge in [-0.2, -0.15) is 0 Å². The van der Waals surface area contributed by atoms with E-state index in [-0.39, 0.29) is 51.4 Å². The monoisotopic (exact) mass is 370 g/mol. The molecule has 5 nitrogen and oxygen atoms in total. The Labute approximate surface area is 189 Å². The number of carbonyl (C=O) groups excluding carboxylic acids is 1. The van der Waals surface area contributed by atoms with Crippen molar-refractivity contribution in [3.63, 3.8) is 0 Å². The minimum absolute atomic E-state index is 0. The zero-order chi connectivity index (χ0) is 17.3. The number of aliphatic hydroxyl groups is 3. The fourth-order valence-corrected chi connectivity index (χ4v) is 2.72. The van der Waals surface area contributed by atoms with Gasteiger partial charge < -0.3 is 25.2 Å². The van der Waals surface area contributed by atoms with Crippen LogP contribution in [0.3, 0.4) is 0 Å². The molecular formula is C18H35KO5. The Morgan fingerprint density at radius 2 is 1.04 bits per heavy atom. The Hall–Kier alpha value is 0.986. The maximum atomic E-state index is 10.4. The molecule has 138 valence electrons. The summed E-state index contributed by atoms with van der Waals surface area (Å²) in [5.41, 5.74) is 0. The van der Waals surface area contributed by atoms with Crippen LogP contribution in [0.2, 0.25) is 0 Å². The van der Waals surface area contributed by atoms with E-state index in [4.69, 9.17) is 10.2 Å². The van der Waals surface area contributed by atoms with E-state index in [1.807, 2.05) is 0 Å². The van der Waals surface area contributed by atoms with Gasteiger partial charge in [-0.3, -0.25) is 0 Å². The van der Waals surface area contributed by atoms with Crippen molar-refractivity contribution in [1.29, 1.82) is 0 Å². The zero-order valence-electron chi connectivity index (χ0n) is 15.4. The number of carbonyl (C=O) groups is 1. The van der Waals surface area contributed by atoms with Crippen LogP contribution in [0, 0.1) is 0 Å². The third-order valence-corrected chi connectivity index (χ3v) is 4.26. The summed E-state index contributed by atoms with van der Waals surface area (Å²) in [7, 11) is 0. The molecule has 24 heavy (non-hydrogen) atoms. The molecule has 0 bridgehead atoms. The van der Waals surface area contributed by atoms with Crippen molar-refractivity contribution >= 4 is 5.97 Å². The van der Waals surface area contributed by atoms with Gasteiger partial charge in [-0.1, -0.05) is 77.0 Å². The first-order chi connectivity index (χ1) is 11.1. The number of rotatable bonds is 17. The van der Waals surface area contributed by atoms with Gasteiger partial charge in [-0.05, 0) is 12.8 Å². The summed E-state index contributed by atoms with van der Waals surface area (Å²) in [6.45, 7) is 0.316. The first-order valence-electron chi connectivity index (χ1n) is 9.27. The Balaban J connectivity index is 0. The van der Waals surface area contributed by atoms with Gasteiger partial charge in [0.25, 0.3) is 0 Å². The van der Waals surface area contributed by atoms with Crippen molar-refractivity contribution in [2.75, 3.05) is 6.61 Å². The molecule has 0 heterocycles. The summed E-state index contributed by atoms with van der Waals surface area (Å²) in [4.78, 5) is 10.4. The molecular weight excluding hydrogens is 335 g/mol. The topological polar surface area (TPSA) is 101 Å². The van der Waals surface area contributed by atoms with Gasteiger partial charge in [-0.25, -0.2) is 0 Å². The zero-order valence-corrected chi connectivity index (χ0v) is 18.5. The summed E-state index contributed by atoms with van der Waals surface area (Å²) >= 11 is 0. The van der Waals surface area contributed by atoms with E-state index in [0.29, 0.717) is 13.0 Å². The second-order valence-electron chi connectivity index (χ2n) is 6.44. The maximum Gasteiger partial charge on any atom is 1.00 e. The van der Waals surface area contributed by atoms with E-state index in [1.54, 1.807) is 0 Å². The Bertz CT molecular complexity index is 276. The van der Waals surface area contributed by atoms with Crippen LogP contribution in [0.4, 0.5) is 0 Å². The van der Waals surface area contributed by atoms with Gasteiger partial charge in [0, 0.05) is 6.61 Å². The average Bonchev–Trinajstić information content (AvgIpc) is 2.54. The van der Waals surface area contributed by atoms with Crippen LogP contribution in [-0.2, 0) is 4.79 Å². The van der Waals surface area contributed by atoms with Crippen molar-refractivity contribution in [2.45, 2.75) is 102 Å². The van der Waals surface area contributed by atoms with E-state index in [1.165, 1.54) is 51.4 Å².